The van der Waals surface area contributed by atoms with Crippen LogP contribution >= 0.6 is 11.8 Å². The van der Waals surface area contributed by atoms with E-state index in [9.17, 15) is 14.4 Å². The highest BCUT2D eigenvalue weighted by Gasteiger charge is 2.30. The third-order valence-corrected chi connectivity index (χ3v) is 6.20. The predicted octanol–water partition coefficient (Wildman–Crippen LogP) is 4.45. The van der Waals surface area contributed by atoms with Crippen LogP contribution in [-0.4, -0.2) is 48.8 Å². The Labute approximate surface area is 198 Å². The van der Waals surface area contributed by atoms with Crippen molar-refractivity contribution in [3.05, 3.63) is 53.1 Å². The quantitative estimate of drug-likeness (QED) is 0.488. The van der Waals surface area contributed by atoms with Gasteiger partial charge in [0.2, 0.25) is 12.3 Å². The van der Waals surface area contributed by atoms with E-state index < -0.39 is 11.9 Å². The van der Waals surface area contributed by atoms with Crippen LogP contribution in [0, 0.1) is 12.8 Å². The Kier molecular flexibility index (Phi) is 8.38. The second kappa shape index (κ2) is 11.2. The van der Waals surface area contributed by atoms with Crippen molar-refractivity contribution in [2.75, 3.05) is 31.0 Å². The summed E-state index contributed by atoms with van der Waals surface area (Å²) < 4.78 is 11.4. The molecule has 1 N–H and O–H groups in total. The summed E-state index contributed by atoms with van der Waals surface area (Å²) in [6.45, 7) is 3.78. The second-order valence-electron chi connectivity index (χ2n) is 8.13. The highest BCUT2D eigenvalue weighted by molar-refractivity contribution is 7.98. The number of carbonyl (C=O) groups excluding carboxylic acids is 3. The summed E-state index contributed by atoms with van der Waals surface area (Å²) in [5.41, 5.74) is 2.12. The fourth-order valence-electron chi connectivity index (χ4n) is 3.64. The van der Waals surface area contributed by atoms with E-state index >= 15 is 0 Å². The van der Waals surface area contributed by atoms with Crippen LogP contribution in [-0.2, 0) is 9.59 Å². The zero-order valence-electron chi connectivity index (χ0n) is 19.4. The minimum absolute atomic E-state index is 0.291. The number of nitrogens with zero attached hydrogens (tertiary/aromatic N) is 1. The van der Waals surface area contributed by atoms with Crippen LogP contribution < -0.4 is 14.8 Å². The molecular weight excluding hydrogens is 440 g/mol. The Morgan fingerprint density at radius 3 is 2.61 bits per heavy atom. The van der Waals surface area contributed by atoms with E-state index in [-0.39, 0.29) is 5.91 Å². The number of anilines is 1. The zero-order valence-corrected chi connectivity index (χ0v) is 20.2. The van der Waals surface area contributed by atoms with Crippen LogP contribution in [0.3, 0.4) is 0 Å². The van der Waals surface area contributed by atoms with E-state index in [0.29, 0.717) is 53.0 Å². The first-order valence-electron chi connectivity index (χ1n) is 10.8. The maximum Gasteiger partial charge on any atom is 0.263 e. The first kappa shape index (κ1) is 24.6. The standard InChI is InChI=1S/C25H30N2O5S/c1-16-6-5-7-20(26-17(2)29)24(16)25(30)27(15-28)21(14-33-4)19-10-11-22(31-3)23(12-19)32-13-18-8-9-18/h5-7,10-12,15,18,21H,8-9,13-14H2,1-4H3,(H,26,29). The second-order valence-corrected chi connectivity index (χ2v) is 9.04. The number of rotatable bonds is 11. The Bertz CT molecular complexity index is 1020. The Hall–Kier alpha value is -3.00. The molecule has 3 rings (SSSR count). The van der Waals surface area contributed by atoms with Gasteiger partial charge in [0, 0.05) is 12.7 Å². The van der Waals surface area contributed by atoms with Crippen LogP contribution in [0.2, 0.25) is 0 Å². The molecular formula is C25H30N2O5S. The molecule has 0 saturated heterocycles. The molecule has 1 saturated carbocycles. The molecule has 1 aliphatic rings. The van der Waals surface area contributed by atoms with Crippen LogP contribution in [0.25, 0.3) is 0 Å². The van der Waals surface area contributed by atoms with Gasteiger partial charge >= 0.3 is 0 Å². The fourth-order valence-corrected chi connectivity index (χ4v) is 4.31. The SMILES string of the molecule is COc1ccc(C(CSC)N(C=O)C(=O)c2c(C)cccc2NC(C)=O)cc1OCC1CC1. The number of nitrogens with one attached hydrogen (secondary N) is 1. The number of hydrogen-bond acceptors (Lipinski definition) is 6. The lowest BCUT2D eigenvalue weighted by Crippen LogP contribution is -2.36. The number of benzene rings is 2. The van der Waals surface area contributed by atoms with Crippen LogP contribution in [0.5, 0.6) is 11.5 Å². The highest BCUT2D eigenvalue weighted by atomic mass is 32.2. The monoisotopic (exact) mass is 470 g/mol. The first-order valence-corrected chi connectivity index (χ1v) is 12.2. The molecule has 0 spiro atoms. The summed E-state index contributed by atoms with van der Waals surface area (Å²) in [4.78, 5) is 38.7. The average molecular weight is 471 g/mol. The molecule has 0 aliphatic heterocycles. The van der Waals surface area contributed by atoms with Crippen LogP contribution in [0.15, 0.2) is 36.4 Å². The molecule has 2 aromatic carbocycles. The van der Waals surface area contributed by atoms with Crippen molar-refractivity contribution in [1.82, 2.24) is 4.90 Å². The summed E-state index contributed by atoms with van der Waals surface area (Å²) in [7, 11) is 1.58. The third-order valence-electron chi connectivity index (χ3n) is 5.55. The van der Waals surface area contributed by atoms with Crippen molar-refractivity contribution in [3.8, 4) is 11.5 Å². The normalized spacial score (nSPS) is 13.7. The van der Waals surface area contributed by atoms with Crippen molar-refractivity contribution in [3.63, 3.8) is 0 Å². The molecule has 1 atom stereocenters. The number of hydrogen-bond donors (Lipinski definition) is 1. The van der Waals surface area contributed by atoms with E-state index in [1.807, 2.05) is 18.4 Å². The number of amides is 3. The van der Waals surface area contributed by atoms with Gasteiger partial charge in [0.15, 0.2) is 11.5 Å². The largest absolute Gasteiger partial charge is 0.493 e. The van der Waals surface area contributed by atoms with Gasteiger partial charge in [0.25, 0.3) is 5.91 Å². The smallest absolute Gasteiger partial charge is 0.263 e. The van der Waals surface area contributed by atoms with Gasteiger partial charge in [-0.05, 0) is 61.3 Å². The molecule has 1 unspecified atom stereocenters. The van der Waals surface area contributed by atoms with Crippen molar-refractivity contribution in [1.29, 1.82) is 0 Å². The predicted molar refractivity (Wildman–Crippen MR) is 130 cm³/mol. The molecule has 0 bridgehead atoms. The molecule has 1 aliphatic carbocycles. The van der Waals surface area contributed by atoms with E-state index in [0.717, 1.165) is 18.4 Å². The lowest BCUT2D eigenvalue weighted by atomic mass is 10.0. The number of imide groups is 1. The number of ether oxygens (including phenoxy) is 2. The number of aryl methyl sites for hydroxylation is 1. The molecule has 0 radical (unpaired) electrons. The summed E-state index contributed by atoms with van der Waals surface area (Å²) in [6.07, 6.45) is 4.81. The van der Waals surface area contributed by atoms with Crippen LogP contribution in [0.4, 0.5) is 5.69 Å². The summed E-state index contributed by atoms with van der Waals surface area (Å²) in [6, 6.07) is 10.2. The minimum Gasteiger partial charge on any atom is -0.493 e. The summed E-state index contributed by atoms with van der Waals surface area (Å²) in [5, 5.41) is 2.70. The van der Waals surface area contributed by atoms with Crippen molar-refractivity contribution in [2.24, 2.45) is 5.92 Å². The lowest BCUT2D eigenvalue weighted by Gasteiger charge is -2.28. The molecule has 33 heavy (non-hydrogen) atoms. The average Bonchev–Trinajstić information content (AvgIpc) is 3.61. The molecule has 7 nitrogen and oxygen atoms in total. The summed E-state index contributed by atoms with van der Waals surface area (Å²) >= 11 is 1.53. The van der Waals surface area contributed by atoms with E-state index in [1.165, 1.54) is 23.6 Å². The fraction of sp³-hybridized carbons (Fsp3) is 0.400. The molecule has 0 aromatic heterocycles. The molecule has 8 heteroatoms. The van der Waals surface area contributed by atoms with Crippen molar-refractivity contribution >= 4 is 35.7 Å². The molecule has 176 valence electrons. The maximum atomic E-state index is 13.6. The van der Waals surface area contributed by atoms with Crippen LogP contribution in [0.1, 0.15) is 47.3 Å². The Balaban J connectivity index is 1.98. The Morgan fingerprint density at radius 2 is 2.00 bits per heavy atom. The van der Waals surface area contributed by atoms with Crippen molar-refractivity contribution in [2.45, 2.75) is 32.7 Å². The summed E-state index contributed by atoms with van der Waals surface area (Å²) in [5.74, 6) is 1.52. The topological polar surface area (TPSA) is 84.9 Å². The first-order chi connectivity index (χ1) is 15.9. The number of thioether (sulfide) groups is 1. The zero-order chi connectivity index (χ0) is 24.0. The van der Waals surface area contributed by atoms with E-state index in [1.54, 1.807) is 38.3 Å². The van der Waals surface area contributed by atoms with Gasteiger partial charge < -0.3 is 14.8 Å². The van der Waals surface area contributed by atoms with Gasteiger partial charge in [0.1, 0.15) is 0 Å². The molecule has 2 aromatic rings. The number of carbonyl (C=O) groups is 3. The highest BCUT2D eigenvalue weighted by Crippen LogP contribution is 2.36. The van der Waals surface area contributed by atoms with Gasteiger partial charge in [-0.1, -0.05) is 18.2 Å². The van der Waals surface area contributed by atoms with E-state index in [2.05, 4.69) is 5.32 Å². The third kappa shape index (κ3) is 6.07. The Morgan fingerprint density at radius 1 is 1.24 bits per heavy atom. The lowest BCUT2D eigenvalue weighted by molar-refractivity contribution is -0.117. The van der Waals surface area contributed by atoms with Gasteiger partial charge in [-0.3, -0.25) is 19.3 Å². The molecule has 0 heterocycles. The number of methoxy groups -OCH3 is 1. The van der Waals surface area contributed by atoms with E-state index in [4.69, 9.17) is 9.47 Å². The van der Waals surface area contributed by atoms with Crippen molar-refractivity contribution < 1.29 is 23.9 Å². The molecule has 3 amide bonds. The molecule has 1 fully saturated rings. The van der Waals surface area contributed by atoms with Gasteiger partial charge in [-0.2, -0.15) is 11.8 Å². The van der Waals surface area contributed by atoms with Gasteiger partial charge in [-0.15, -0.1) is 0 Å². The maximum absolute atomic E-state index is 13.6. The minimum atomic E-state index is -0.524. The van der Waals surface area contributed by atoms with Gasteiger partial charge in [-0.25, -0.2) is 0 Å². The van der Waals surface area contributed by atoms with Gasteiger partial charge in [0.05, 0.1) is 31.0 Å².